The van der Waals surface area contributed by atoms with Gasteiger partial charge in [0.1, 0.15) is 0 Å². The maximum atomic E-state index is 2.35. The van der Waals surface area contributed by atoms with Crippen molar-refractivity contribution in [2.75, 3.05) is 0 Å². The lowest BCUT2D eigenvalue weighted by atomic mass is 9.92. The van der Waals surface area contributed by atoms with Crippen LogP contribution in [0.5, 0.6) is 0 Å². The van der Waals surface area contributed by atoms with Crippen molar-refractivity contribution in [3.05, 3.63) is 59.2 Å². The molecule has 2 aromatic rings. The second-order valence-corrected chi connectivity index (χ2v) is 5.50. The van der Waals surface area contributed by atoms with Gasteiger partial charge in [0.05, 0.1) is 0 Å². The number of hydrogen-bond acceptors (Lipinski definition) is 0. The van der Waals surface area contributed by atoms with Gasteiger partial charge < -0.3 is 0 Å². The van der Waals surface area contributed by atoms with Crippen molar-refractivity contribution in [3.8, 4) is 11.1 Å². The summed E-state index contributed by atoms with van der Waals surface area (Å²) in [6.07, 6.45) is 3.57. The summed E-state index contributed by atoms with van der Waals surface area (Å²) in [7, 11) is 0. The molecule has 0 nitrogen and oxygen atoms in total. The van der Waals surface area contributed by atoms with Crippen LogP contribution in [-0.2, 0) is 12.8 Å². The minimum Gasteiger partial charge on any atom is -0.0651 e. The Balaban J connectivity index is 2.08. The summed E-state index contributed by atoms with van der Waals surface area (Å²) in [5.74, 6) is 0.768. The molecule has 0 saturated heterocycles. The summed E-state index contributed by atoms with van der Waals surface area (Å²) in [6, 6.07) is 15.7. The van der Waals surface area contributed by atoms with Crippen LogP contribution in [0.4, 0.5) is 0 Å². The Morgan fingerprint density at radius 3 is 2.61 bits per heavy atom. The molecule has 1 unspecified atom stereocenters. The highest BCUT2D eigenvalue weighted by molar-refractivity contribution is 5.79. The third-order valence-corrected chi connectivity index (χ3v) is 4.17. The predicted octanol–water partition coefficient (Wildman–Crippen LogP) is 4.85. The molecule has 1 aliphatic carbocycles. The van der Waals surface area contributed by atoms with Crippen molar-refractivity contribution in [3.63, 3.8) is 0 Å². The van der Waals surface area contributed by atoms with E-state index in [2.05, 4.69) is 56.3 Å². The van der Waals surface area contributed by atoms with Crippen molar-refractivity contribution in [2.24, 2.45) is 5.92 Å². The molecule has 1 aliphatic rings. The fourth-order valence-corrected chi connectivity index (χ4v) is 2.96. The van der Waals surface area contributed by atoms with Crippen LogP contribution in [0.15, 0.2) is 42.5 Å². The minimum absolute atomic E-state index is 0.768. The van der Waals surface area contributed by atoms with Crippen molar-refractivity contribution < 1.29 is 0 Å². The molecule has 0 radical (unpaired) electrons. The van der Waals surface area contributed by atoms with E-state index in [1.165, 1.54) is 40.7 Å². The van der Waals surface area contributed by atoms with E-state index in [0.29, 0.717) is 0 Å². The standard InChI is InChI=1S/C18H20/c1-3-13(2)11-15-8-6-9-16-12-14-7-4-5-10-17(14)18(15)16/h4-10,13H,3,11-12H2,1-2H3. The molecular weight excluding hydrogens is 216 g/mol. The lowest BCUT2D eigenvalue weighted by Crippen LogP contribution is -2.00. The van der Waals surface area contributed by atoms with Crippen molar-refractivity contribution in [1.82, 2.24) is 0 Å². The first-order valence-electron chi connectivity index (χ1n) is 6.98. The Kier molecular flexibility index (Phi) is 2.95. The largest absolute Gasteiger partial charge is 0.0651 e. The first kappa shape index (κ1) is 11.5. The Morgan fingerprint density at radius 1 is 1.00 bits per heavy atom. The van der Waals surface area contributed by atoms with E-state index in [0.717, 1.165) is 12.3 Å². The zero-order valence-corrected chi connectivity index (χ0v) is 11.2. The zero-order valence-electron chi connectivity index (χ0n) is 11.2. The van der Waals surface area contributed by atoms with Crippen LogP contribution in [0.25, 0.3) is 11.1 Å². The van der Waals surface area contributed by atoms with E-state index in [-0.39, 0.29) is 0 Å². The van der Waals surface area contributed by atoms with Gasteiger partial charge >= 0.3 is 0 Å². The zero-order chi connectivity index (χ0) is 12.5. The summed E-state index contributed by atoms with van der Waals surface area (Å²) in [5.41, 5.74) is 7.52. The van der Waals surface area contributed by atoms with Gasteiger partial charge in [-0.1, -0.05) is 62.7 Å². The van der Waals surface area contributed by atoms with E-state index in [9.17, 15) is 0 Å². The Morgan fingerprint density at radius 2 is 1.78 bits per heavy atom. The van der Waals surface area contributed by atoms with Gasteiger partial charge in [-0.25, -0.2) is 0 Å². The molecule has 0 spiro atoms. The number of hydrogen-bond donors (Lipinski definition) is 0. The van der Waals surface area contributed by atoms with Gasteiger partial charge in [-0.2, -0.15) is 0 Å². The van der Waals surface area contributed by atoms with Crippen LogP contribution in [0.3, 0.4) is 0 Å². The molecule has 0 bridgehead atoms. The summed E-state index contributed by atoms with van der Waals surface area (Å²) in [5, 5.41) is 0. The van der Waals surface area contributed by atoms with Gasteiger partial charge in [-0.15, -0.1) is 0 Å². The maximum absolute atomic E-state index is 2.35. The average molecular weight is 236 g/mol. The molecule has 0 aromatic heterocycles. The van der Waals surface area contributed by atoms with E-state index in [1.54, 1.807) is 0 Å². The average Bonchev–Trinajstić information content (AvgIpc) is 2.78. The van der Waals surface area contributed by atoms with Gasteiger partial charge in [0.2, 0.25) is 0 Å². The molecule has 0 N–H and O–H groups in total. The molecule has 18 heavy (non-hydrogen) atoms. The Hall–Kier alpha value is -1.56. The van der Waals surface area contributed by atoms with Gasteiger partial charge in [0.25, 0.3) is 0 Å². The fraction of sp³-hybridized carbons (Fsp3) is 0.333. The van der Waals surface area contributed by atoms with Crippen molar-refractivity contribution >= 4 is 0 Å². The molecule has 3 rings (SSSR count). The quantitative estimate of drug-likeness (QED) is 0.610. The molecule has 2 aromatic carbocycles. The van der Waals surface area contributed by atoms with Crippen molar-refractivity contribution in [2.45, 2.75) is 33.1 Å². The first-order valence-corrected chi connectivity index (χ1v) is 6.98. The van der Waals surface area contributed by atoms with E-state index < -0.39 is 0 Å². The van der Waals surface area contributed by atoms with Crippen molar-refractivity contribution in [1.29, 1.82) is 0 Å². The van der Waals surface area contributed by atoms with Crippen LogP contribution in [-0.4, -0.2) is 0 Å². The molecule has 0 aliphatic heterocycles. The Bertz CT molecular complexity index is 566. The highest BCUT2D eigenvalue weighted by Gasteiger charge is 2.20. The molecule has 0 fully saturated rings. The van der Waals surface area contributed by atoms with Crippen LogP contribution in [0.1, 0.15) is 37.0 Å². The van der Waals surface area contributed by atoms with Crippen LogP contribution in [0.2, 0.25) is 0 Å². The molecule has 92 valence electrons. The van der Waals surface area contributed by atoms with Gasteiger partial charge in [0.15, 0.2) is 0 Å². The van der Waals surface area contributed by atoms with Crippen LogP contribution < -0.4 is 0 Å². The number of benzene rings is 2. The summed E-state index contributed by atoms with van der Waals surface area (Å²) < 4.78 is 0. The third kappa shape index (κ3) is 1.86. The first-order chi connectivity index (χ1) is 8.79. The molecular formula is C18H20. The topological polar surface area (TPSA) is 0 Å². The van der Waals surface area contributed by atoms with Gasteiger partial charge in [-0.3, -0.25) is 0 Å². The molecule has 0 amide bonds. The second-order valence-electron chi connectivity index (χ2n) is 5.50. The SMILES string of the molecule is CCC(C)Cc1cccc2c1-c1ccccc1C2. The second kappa shape index (κ2) is 4.61. The molecule has 1 atom stereocenters. The lowest BCUT2D eigenvalue weighted by molar-refractivity contribution is 0.561. The third-order valence-electron chi connectivity index (χ3n) is 4.17. The number of fused-ring (bicyclic) bond motifs is 3. The smallest absolute Gasteiger partial charge is 0.00134 e. The normalized spacial score (nSPS) is 14.1. The molecule has 0 heteroatoms. The highest BCUT2D eigenvalue weighted by Crippen LogP contribution is 2.39. The Labute approximate surface area is 110 Å². The van der Waals surface area contributed by atoms with E-state index in [4.69, 9.17) is 0 Å². The minimum atomic E-state index is 0.768. The van der Waals surface area contributed by atoms with Crippen LogP contribution in [0, 0.1) is 5.92 Å². The summed E-state index contributed by atoms with van der Waals surface area (Å²) in [4.78, 5) is 0. The van der Waals surface area contributed by atoms with Gasteiger partial charge in [0, 0.05) is 0 Å². The number of rotatable bonds is 3. The summed E-state index contributed by atoms with van der Waals surface area (Å²) in [6.45, 7) is 4.63. The predicted molar refractivity (Wildman–Crippen MR) is 77.8 cm³/mol. The van der Waals surface area contributed by atoms with Gasteiger partial charge in [-0.05, 0) is 46.6 Å². The lowest BCUT2D eigenvalue weighted by Gasteiger charge is -2.13. The highest BCUT2D eigenvalue weighted by atomic mass is 14.2. The fourth-order valence-electron chi connectivity index (χ4n) is 2.96. The van der Waals surface area contributed by atoms with Crippen LogP contribution >= 0.6 is 0 Å². The summed E-state index contributed by atoms with van der Waals surface area (Å²) >= 11 is 0. The molecule has 0 heterocycles. The van der Waals surface area contributed by atoms with E-state index in [1.807, 2.05) is 0 Å². The maximum Gasteiger partial charge on any atom is -0.00134 e. The van der Waals surface area contributed by atoms with E-state index >= 15 is 0 Å². The monoisotopic (exact) mass is 236 g/mol. The molecule has 0 saturated carbocycles.